The second kappa shape index (κ2) is 5.53. The Labute approximate surface area is 139 Å². The van der Waals surface area contributed by atoms with Crippen LogP contribution < -0.4 is 5.32 Å². The molecule has 1 N–H and O–H groups in total. The van der Waals surface area contributed by atoms with E-state index in [2.05, 4.69) is 27.0 Å². The van der Waals surface area contributed by atoms with Crippen molar-refractivity contribution in [2.45, 2.75) is 6.54 Å². The summed E-state index contributed by atoms with van der Waals surface area (Å²) in [6, 6.07) is 14.0. The van der Waals surface area contributed by atoms with Gasteiger partial charge in [0.05, 0.1) is 16.6 Å². The molecule has 5 heteroatoms. The van der Waals surface area contributed by atoms with Gasteiger partial charge in [-0.1, -0.05) is 24.3 Å². The van der Waals surface area contributed by atoms with Crippen LogP contribution in [0.4, 0.5) is 0 Å². The summed E-state index contributed by atoms with van der Waals surface area (Å²) in [7, 11) is 3.97. The number of nitrogens with zero attached hydrogens (tertiary/aromatic N) is 3. The molecule has 4 rings (SSSR count). The first-order chi connectivity index (χ1) is 11.7. The van der Waals surface area contributed by atoms with E-state index >= 15 is 0 Å². The van der Waals surface area contributed by atoms with Gasteiger partial charge in [0.15, 0.2) is 0 Å². The second-order valence-electron chi connectivity index (χ2n) is 5.94. The number of pyridine rings is 1. The van der Waals surface area contributed by atoms with Crippen molar-refractivity contribution < 1.29 is 4.79 Å². The number of para-hydroxylation sites is 1. The average Bonchev–Trinajstić information content (AvgIpc) is 3.10. The fourth-order valence-electron chi connectivity index (χ4n) is 3.25. The summed E-state index contributed by atoms with van der Waals surface area (Å²) in [6.07, 6.45) is 3.48. The quantitative estimate of drug-likeness (QED) is 0.631. The predicted molar refractivity (Wildman–Crippen MR) is 94.8 cm³/mol. The Morgan fingerprint density at radius 3 is 2.71 bits per heavy atom. The Morgan fingerprint density at radius 1 is 1.08 bits per heavy atom. The largest absolute Gasteiger partial charge is 0.347 e. The van der Waals surface area contributed by atoms with E-state index in [-0.39, 0.29) is 5.91 Å². The Bertz CT molecular complexity index is 1040. The van der Waals surface area contributed by atoms with Crippen molar-refractivity contribution in [3.05, 3.63) is 66.1 Å². The van der Waals surface area contributed by atoms with Gasteiger partial charge in [0.25, 0.3) is 5.91 Å². The maximum absolute atomic E-state index is 12.6. The normalized spacial score (nSPS) is 11.2. The van der Waals surface area contributed by atoms with Crippen LogP contribution in [-0.2, 0) is 20.6 Å². The summed E-state index contributed by atoms with van der Waals surface area (Å²) >= 11 is 0. The molecule has 0 radical (unpaired) electrons. The summed E-state index contributed by atoms with van der Waals surface area (Å²) in [5.41, 5.74) is 4.95. The number of carbonyl (C=O) groups is 1. The van der Waals surface area contributed by atoms with Gasteiger partial charge in [0.2, 0.25) is 0 Å². The van der Waals surface area contributed by atoms with Crippen LogP contribution in [0.15, 0.2) is 54.9 Å². The van der Waals surface area contributed by atoms with Crippen LogP contribution in [-0.4, -0.2) is 20.0 Å². The van der Waals surface area contributed by atoms with E-state index < -0.39 is 0 Å². The van der Waals surface area contributed by atoms with Gasteiger partial charge in [-0.2, -0.15) is 0 Å². The molecule has 120 valence electrons. The van der Waals surface area contributed by atoms with Crippen LogP contribution in [0, 0.1) is 0 Å². The molecule has 24 heavy (non-hydrogen) atoms. The molecule has 0 atom stereocenters. The summed E-state index contributed by atoms with van der Waals surface area (Å²) < 4.78 is 4.10. The van der Waals surface area contributed by atoms with Crippen molar-refractivity contribution in [2.75, 3.05) is 0 Å². The van der Waals surface area contributed by atoms with Crippen LogP contribution in [0.2, 0.25) is 0 Å². The number of nitrogens with one attached hydrogen (secondary N) is 1. The monoisotopic (exact) mass is 318 g/mol. The minimum Gasteiger partial charge on any atom is -0.347 e. The molecule has 0 aliphatic rings. The Morgan fingerprint density at radius 2 is 1.92 bits per heavy atom. The van der Waals surface area contributed by atoms with E-state index in [0.29, 0.717) is 12.2 Å². The van der Waals surface area contributed by atoms with Crippen molar-refractivity contribution >= 4 is 27.8 Å². The molecule has 0 saturated carbocycles. The van der Waals surface area contributed by atoms with Crippen molar-refractivity contribution in [3.63, 3.8) is 0 Å². The highest BCUT2D eigenvalue weighted by atomic mass is 16.1. The molecule has 4 aromatic rings. The van der Waals surface area contributed by atoms with Gasteiger partial charge < -0.3 is 14.5 Å². The van der Waals surface area contributed by atoms with E-state index in [0.717, 1.165) is 22.0 Å². The number of carbonyl (C=O) groups excluding carboxylic acids is 1. The van der Waals surface area contributed by atoms with E-state index in [1.807, 2.05) is 49.0 Å². The molecule has 0 bridgehead atoms. The zero-order valence-corrected chi connectivity index (χ0v) is 13.7. The highest BCUT2D eigenvalue weighted by Gasteiger charge is 2.18. The number of hydrogen-bond donors (Lipinski definition) is 1. The molecule has 1 aromatic carbocycles. The van der Waals surface area contributed by atoms with Crippen LogP contribution >= 0.6 is 0 Å². The average molecular weight is 318 g/mol. The number of amides is 1. The minimum absolute atomic E-state index is 0.0818. The summed E-state index contributed by atoms with van der Waals surface area (Å²) in [5.74, 6) is -0.0818. The summed E-state index contributed by atoms with van der Waals surface area (Å²) in [5, 5.41) is 4.12. The van der Waals surface area contributed by atoms with Crippen molar-refractivity contribution in [1.29, 1.82) is 0 Å². The molecule has 0 spiro atoms. The Hall–Kier alpha value is -3.08. The third kappa shape index (κ3) is 2.17. The summed E-state index contributed by atoms with van der Waals surface area (Å²) in [4.78, 5) is 16.7. The molecule has 5 nitrogen and oxygen atoms in total. The third-order valence-electron chi connectivity index (χ3n) is 4.50. The molecule has 0 saturated heterocycles. The van der Waals surface area contributed by atoms with Gasteiger partial charge in [-0.15, -0.1) is 0 Å². The van der Waals surface area contributed by atoms with E-state index in [9.17, 15) is 4.79 Å². The number of rotatable bonds is 3. The van der Waals surface area contributed by atoms with Gasteiger partial charge in [0.1, 0.15) is 5.69 Å². The number of hydrogen-bond acceptors (Lipinski definition) is 2. The van der Waals surface area contributed by atoms with Gasteiger partial charge in [-0.05, 0) is 23.8 Å². The highest BCUT2D eigenvalue weighted by molar-refractivity contribution is 6.10. The SMILES string of the molecule is Cn1c(C(=O)NCc2cccnc2)cc2c1c1ccccc1n2C. The minimum atomic E-state index is -0.0818. The molecule has 3 heterocycles. The van der Waals surface area contributed by atoms with E-state index in [4.69, 9.17) is 0 Å². The van der Waals surface area contributed by atoms with Gasteiger partial charge in [-0.3, -0.25) is 9.78 Å². The molecule has 3 aromatic heterocycles. The standard InChI is InChI=1S/C19H18N4O/c1-22-15-8-4-3-7-14(15)18-16(22)10-17(23(18)2)19(24)21-12-13-6-5-9-20-11-13/h3-11H,12H2,1-2H3,(H,21,24). The lowest BCUT2D eigenvalue weighted by molar-refractivity contribution is 0.0943. The van der Waals surface area contributed by atoms with Crippen molar-refractivity contribution in [1.82, 2.24) is 19.4 Å². The molecule has 1 amide bonds. The van der Waals surface area contributed by atoms with E-state index in [1.165, 1.54) is 5.52 Å². The number of aromatic nitrogens is 3. The topological polar surface area (TPSA) is 51.9 Å². The zero-order valence-electron chi connectivity index (χ0n) is 13.7. The van der Waals surface area contributed by atoms with Gasteiger partial charge in [0, 0.05) is 38.4 Å². The Kier molecular flexibility index (Phi) is 3.34. The van der Waals surface area contributed by atoms with Crippen LogP contribution in [0.5, 0.6) is 0 Å². The maximum atomic E-state index is 12.6. The lowest BCUT2D eigenvalue weighted by Gasteiger charge is -2.07. The first-order valence-corrected chi connectivity index (χ1v) is 7.87. The fraction of sp³-hybridized carbons (Fsp3) is 0.158. The zero-order chi connectivity index (χ0) is 16.7. The first-order valence-electron chi connectivity index (χ1n) is 7.87. The predicted octanol–water partition coefficient (Wildman–Crippen LogP) is 3.00. The maximum Gasteiger partial charge on any atom is 0.268 e. The third-order valence-corrected chi connectivity index (χ3v) is 4.50. The van der Waals surface area contributed by atoms with E-state index in [1.54, 1.807) is 12.4 Å². The smallest absolute Gasteiger partial charge is 0.268 e. The van der Waals surface area contributed by atoms with Gasteiger partial charge in [-0.25, -0.2) is 0 Å². The number of aryl methyl sites for hydroxylation is 2. The van der Waals surface area contributed by atoms with Crippen molar-refractivity contribution in [2.24, 2.45) is 14.1 Å². The molecule has 0 fully saturated rings. The van der Waals surface area contributed by atoms with Crippen LogP contribution in [0.1, 0.15) is 16.1 Å². The molecule has 0 aliphatic heterocycles. The molecular weight excluding hydrogens is 300 g/mol. The second-order valence-corrected chi connectivity index (χ2v) is 5.94. The summed E-state index contributed by atoms with van der Waals surface area (Å²) in [6.45, 7) is 0.467. The Balaban J connectivity index is 1.71. The van der Waals surface area contributed by atoms with Crippen molar-refractivity contribution in [3.8, 4) is 0 Å². The molecule has 0 aliphatic carbocycles. The lowest BCUT2D eigenvalue weighted by Crippen LogP contribution is -2.24. The fourth-order valence-corrected chi connectivity index (χ4v) is 3.25. The molecule has 0 unspecified atom stereocenters. The number of fused-ring (bicyclic) bond motifs is 3. The molecular formula is C19H18N4O. The first kappa shape index (κ1) is 14.5. The van der Waals surface area contributed by atoms with Crippen LogP contribution in [0.25, 0.3) is 21.9 Å². The van der Waals surface area contributed by atoms with Crippen LogP contribution in [0.3, 0.4) is 0 Å². The highest BCUT2D eigenvalue weighted by Crippen LogP contribution is 2.30. The van der Waals surface area contributed by atoms with Gasteiger partial charge >= 0.3 is 0 Å². The lowest BCUT2D eigenvalue weighted by atomic mass is 10.2. The number of benzene rings is 1.